The minimum Gasteiger partial charge on any atom is -0.459 e. The average Bonchev–Trinajstić information content (AvgIpc) is 3.16. The maximum Gasteiger partial charge on any atom is 0.306 e. The van der Waals surface area contributed by atoms with Crippen molar-refractivity contribution in [2.75, 3.05) is 0 Å². The minimum atomic E-state index is -0.255. The Hall–Kier alpha value is -0.570. The van der Waals surface area contributed by atoms with Crippen LogP contribution in [0.1, 0.15) is 106 Å². The number of rotatable bonds is 1. The Morgan fingerprint density at radius 2 is 1.47 bits per heavy atom. The van der Waals surface area contributed by atoms with E-state index >= 15 is 0 Å². The van der Waals surface area contributed by atoms with E-state index in [1.54, 1.807) is 0 Å². The van der Waals surface area contributed by atoms with Crippen molar-refractivity contribution in [3.05, 3.63) is 0 Å². The number of aliphatic hydroxyl groups excluding tert-OH is 1. The number of cyclic esters (lactones) is 1. The van der Waals surface area contributed by atoms with E-state index in [1.165, 1.54) is 44.9 Å². The van der Waals surface area contributed by atoms with Gasteiger partial charge in [0.1, 0.15) is 5.60 Å². The van der Waals surface area contributed by atoms with Gasteiger partial charge in [0.2, 0.25) is 0 Å². The van der Waals surface area contributed by atoms with Crippen molar-refractivity contribution in [1.82, 2.24) is 0 Å². The second-order valence-electron chi connectivity index (χ2n) is 13.5. The van der Waals surface area contributed by atoms with Crippen LogP contribution in [-0.2, 0) is 9.53 Å². The fourth-order valence-corrected chi connectivity index (χ4v) is 10.4. The van der Waals surface area contributed by atoms with E-state index in [9.17, 15) is 9.90 Å². The Kier molecular flexibility index (Phi) is 4.45. The number of ether oxygens (including phenoxy) is 1. The molecule has 170 valence electrons. The molecule has 1 saturated heterocycles. The van der Waals surface area contributed by atoms with E-state index < -0.39 is 0 Å². The second-order valence-corrected chi connectivity index (χ2v) is 13.5. The van der Waals surface area contributed by atoms with Gasteiger partial charge in [0, 0.05) is 12.3 Å². The van der Waals surface area contributed by atoms with Gasteiger partial charge in [-0.05, 0) is 104 Å². The molecule has 9 unspecified atom stereocenters. The van der Waals surface area contributed by atoms with E-state index in [1.807, 2.05) is 0 Å². The molecule has 30 heavy (non-hydrogen) atoms. The lowest BCUT2D eigenvalue weighted by atomic mass is 9.38. The lowest BCUT2D eigenvalue weighted by Gasteiger charge is -2.67. The van der Waals surface area contributed by atoms with Crippen LogP contribution in [0.2, 0.25) is 0 Å². The molecule has 4 saturated carbocycles. The van der Waals surface area contributed by atoms with Crippen LogP contribution in [0.3, 0.4) is 0 Å². The van der Waals surface area contributed by atoms with Crippen LogP contribution in [0.4, 0.5) is 0 Å². The summed E-state index contributed by atoms with van der Waals surface area (Å²) in [4.78, 5) is 12.0. The van der Waals surface area contributed by atoms with Gasteiger partial charge in [0.05, 0.1) is 6.10 Å². The quantitative estimate of drug-likeness (QED) is 0.523. The number of carbonyl (C=O) groups is 1. The molecule has 3 nitrogen and oxygen atoms in total. The fourth-order valence-electron chi connectivity index (χ4n) is 10.4. The first-order valence-corrected chi connectivity index (χ1v) is 12.8. The van der Waals surface area contributed by atoms with E-state index in [-0.39, 0.29) is 28.5 Å². The van der Waals surface area contributed by atoms with Crippen molar-refractivity contribution in [2.45, 2.75) is 117 Å². The summed E-state index contributed by atoms with van der Waals surface area (Å²) in [6, 6.07) is 0. The molecule has 0 radical (unpaired) electrons. The molecule has 0 aromatic carbocycles. The highest BCUT2D eigenvalue weighted by Gasteiger charge is 2.69. The predicted molar refractivity (Wildman–Crippen MR) is 119 cm³/mol. The van der Waals surface area contributed by atoms with Crippen LogP contribution in [0.5, 0.6) is 0 Å². The van der Waals surface area contributed by atoms with Gasteiger partial charge in [0.15, 0.2) is 0 Å². The van der Waals surface area contributed by atoms with Crippen LogP contribution in [-0.4, -0.2) is 22.8 Å². The molecule has 1 heterocycles. The molecule has 5 fully saturated rings. The van der Waals surface area contributed by atoms with E-state index in [0.29, 0.717) is 29.1 Å². The Morgan fingerprint density at radius 1 is 0.767 bits per heavy atom. The average molecular weight is 417 g/mol. The second kappa shape index (κ2) is 6.27. The number of hydrogen-bond donors (Lipinski definition) is 1. The Labute approximate surface area is 183 Å². The molecule has 4 aliphatic carbocycles. The molecule has 9 atom stereocenters. The van der Waals surface area contributed by atoms with Gasteiger partial charge in [-0.1, -0.05) is 34.6 Å². The summed E-state index contributed by atoms with van der Waals surface area (Å²) in [7, 11) is 0. The van der Waals surface area contributed by atoms with Gasteiger partial charge in [-0.3, -0.25) is 4.79 Å². The zero-order valence-corrected chi connectivity index (χ0v) is 20.2. The van der Waals surface area contributed by atoms with Crippen molar-refractivity contribution >= 4 is 5.97 Å². The highest BCUT2D eigenvalue weighted by Crippen LogP contribution is 2.75. The smallest absolute Gasteiger partial charge is 0.306 e. The summed E-state index contributed by atoms with van der Waals surface area (Å²) in [5, 5.41) is 10.8. The maximum atomic E-state index is 12.0. The molecule has 0 aromatic heterocycles. The van der Waals surface area contributed by atoms with E-state index in [4.69, 9.17) is 4.74 Å². The topological polar surface area (TPSA) is 46.5 Å². The van der Waals surface area contributed by atoms with Crippen LogP contribution >= 0.6 is 0 Å². The van der Waals surface area contributed by atoms with Gasteiger partial charge >= 0.3 is 5.97 Å². The zero-order valence-electron chi connectivity index (χ0n) is 20.2. The standard InChI is InChI=1S/C27H44O3/c1-23(2)19-8-7-18-17(24(19,3)13-11-21(23)28)9-14-26(5)20(10-15-25(18,26)4)27(6)16-12-22(29)30-27/h17-21,28H,7-16H2,1-6H3. The highest BCUT2D eigenvalue weighted by atomic mass is 16.6. The molecule has 0 amide bonds. The number of fused-ring (bicyclic) bond motifs is 5. The summed E-state index contributed by atoms with van der Waals surface area (Å²) < 4.78 is 6.01. The fraction of sp³-hybridized carbons (Fsp3) is 0.963. The third-order valence-corrected chi connectivity index (χ3v) is 12.3. The van der Waals surface area contributed by atoms with Gasteiger partial charge in [-0.2, -0.15) is 0 Å². The first-order chi connectivity index (χ1) is 13.9. The van der Waals surface area contributed by atoms with Crippen LogP contribution in [0.25, 0.3) is 0 Å². The summed E-state index contributed by atoms with van der Waals surface area (Å²) in [6.07, 6.45) is 11.2. The molecule has 0 spiro atoms. The summed E-state index contributed by atoms with van der Waals surface area (Å²) in [5.41, 5.74) is 0.739. The predicted octanol–water partition coefficient (Wildman–Crippen LogP) is 6.13. The molecule has 5 rings (SSSR count). The van der Waals surface area contributed by atoms with Crippen molar-refractivity contribution in [1.29, 1.82) is 0 Å². The molecule has 0 aromatic rings. The minimum absolute atomic E-state index is 0.0133. The van der Waals surface area contributed by atoms with Crippen LogP contribution < -0.4 is 0 Å². The number of hydrogen-bond acceptors (Lipinski definition) is 3. The number of esters is 1. The Balaban J connectivity index is 1.48. The van der Waals surface area contributed by atoms with Crippen molar-refractivity contribution in [3.63, 3.8) is 0 Å². The first-order valence-electron chi connectivity index (χ1n) is 12.8. The van der Waals surface area contributed by atoms with Crippen molar-refractivity contribution < 1.29 is 14.6 Å². The van der Waals surface area contributed by atoms with E-state index in [0.717, 1.165) is 24.7 Å². The molecular weight excluding hydrogens is 372 g/mol. The van der Waals surface area contributed by atoms with Crippen LogP contribution in [0, 0.1) is 45.3 Å². The van der Waals surface area contributed by atoms with Crippen molar-refractivity contribution in [2.24, 2.45) is 45.3 Å². The lowest BCUT2D eigenvalue weighted by molar-refractivity contribution is -0.207. The summed E-state index contributed by atoms with van der Waals surface area (Å²) in [6.45, 7) is 14.6. The molecule has 1 aliphatic heterocycles. The first kappa shape index (κ1) is 21.3. The van der Waals surface area contributed by atoms with E-state index in [2.05, 4.69) is 41.5 Å². The highest BCUT2D eigenvalue weighted by molar-refractivity contribution is 5.72. The van der Waals surface area contributed by atoms with Crippen LogP contribution in [0.15, 0.2) is 0 Å². The molecule has 3 heteroatoms. The van der Waals surface area contributed by atoms with Gasteiger partial charge in [0.25, 0.3) is 0 Å². The monoisotopic (exact) mass is 416 g/mol. The van der Waals surface area contributed by atoms with Crippen molar-refractivity contribution in [3.8, 4) is 0 Å². The maximum absolute atomic E-state index is 12.0. The lowest BCUT2D eigenvalue weighted by Crippen LogP contribution is -2.62. The third kappa shape index (κ3) is 2.45. The summed E-state index contributed by atoms with van der Waals surface area (Å²) >= 11 is 0. The van der Waals surface area contributed by atoms with Gasteiger partial charge in [-0.25, -0.2) is 0 Å². The summed E-state index contributed by atoms with van der Waals surface area (Å²) in [5.74, 6) is 2.69. The van der Waals surface area contributed by atoms with Gasteiger partial charge in [-0.15, -0.1) is 0 Å². The Bertz CT molecular complexity index is 744. The SMILES string of the molecule is CC1(C2CCC3(C)C4CCC5C(C)(C)C(O)CCC5(C)C4CCC23C)CCC(=O)O1. The van der Waals surface area contributed by atoms with Gasteiger partial charge < -0.3 is 9.84 Å². The number of carbonyl (C=O) groups excluding carboxylic acids is 1. The molecule has 1 N–H and O–H groups in total. The molecule has 5 aliphatic rings. The molecular formula is C27H44O3. The number of aliphatic hydroxyl groups is 1. The normalized spacial score (nSPS) is 57.3. The third-order valence-electron chi connectivity index (χ3n) is 12.3. The Morgan fingerprint density at radius 3 is 2.13 bits per heavy atom. The zero-order chi connectivity index (χ0) is 21.7. The molecule has 0 bridgehead atoms. The largest absolute Gasteiger partial charge is 0.459 e.